The molecule has 17 heavy (non-hydrogen) atoms. The number of fused-ring (bicyclic) bond motifs is 1. The van der Waals surface area contributed by atoms with E-state index in [2.05, 4.69) is 22.0 Å². The summed E-state index contributed by atoms with van der Waals surface area (Å²) in [5, 5.41) is 0. The first-order valence-electron chi connectivity index (χ1n) is 5.78. The topological polar surface area (TPSA) is 26.3 Å². The van der Waals surface area contributed by atoms with Crippen molar-refractivity contribution in [1.82, 2.24) is 0 Å². The highest BCUT2D eigenvalue weighted by atomic mass is 79.9. The van der Waals surface area contributed by atoms with E-state index in [0.717, 1.165) is 41.0 Å². The first-order valence-corrected chi connectivity index (χ1v) is 7.39. The minimum absolute atomic E-state index is 0.0864. The van der Waals surface area contributed by atoms with Crippen molar-refractivity contribution >= 4 is 33.5 Å². The standard InChI is InChI=1S/C13H13BrO2S/c14-9-1-2-10-11(15)8-13(17-12(10)7-9)3-5-16-6-4-13/h1-2,7H,3-6,8H2. The fourth-order valence-corrected chi connectivity index (χ4v) is 4.52. The van der Waals surface area contributed by atoms with Crippen LogP contribution in [0.25, 0.3) is 0 Å². The molecular formula is C13H13BrO2S. The third-order valence-electron chi connectivity index (χ3n) is 3.46. The van der Waals surface area contributed by atoms with Crippen LogP contribution < -0.4 is 0 Å². The maximum atomic E-state index is 12.2. The van der Waals surface area contributed by atoms with E-state index in [1.54, 1.807) is 0 Å². The van der Waals surface area contributed by atoms with Crippen molar-refractivity contribution in [3.05, 3.63) is 28.2 Å². The second-order valence-corrected chi connectivity index (χ2v) is 7.06. The Bertz CT molecular complexity index is 466. The highest BCUT2D eigenvalue weighted by molar-refractivity contribution is 9.10. The van der Waals surface area contributed by atoms with Gasteiger partial charge < -0.3 is 4.74 Å². The van der Waals surface area contributed by atoms with Gasteiger partial charge in [0.05, 0.1) is 0 Å². The summed E-state index contributed by atoms with van der Waals surface area (Å²) < 4.78 is 6.54. The number of carbonyl (C=O) groups excluding carboxylic acids is 1. The van der Waals surface area contributed by atoms with Gasteiger partial charge >= 0.3 is 0 Å². The molecule has 0 saturated carbocycles. The third kappa shape index (κ3) is 2.18. The average Bonchev–Trinajstić information content (AvgIpc) is 2.29. The van der Waals surface area contributed by atoms with Crippen LogP contribution in [0.5, 0.6) is 0 Å². The molecule has 0 radical (unpaired) electrons. The second-order valence-electron chi connectivity index (χ2n) is 4.64. The minimum Gasteiger partial charge on any atom is -0.381 e. The zero-order valence-corrected chi connectivity index (χ0v) is 11.8. The van der Waals surface area contributed by atoms with E-state index in [0.29, 0.717) is 6.42 Å². The Kier molecular flexibility index (Phi) is 3.05. The maximum absolute atomic E-state index is 12.2. The lowest BCUT2D eigenvalue weighted by molar-refractivity contribution is 0.0689. The number of ether oxygens (including phenoxy) is 1. The van der Waals surface area contributed by atoms with Crippen molar-refractivity contribution in [1.29, 1.82) is 0 Å². The molecule has 1 aromatic carbocycles. The highest BCUT2D eigenvalue weighted by Gasteiger charge is 2.40. The number of hydrogen-bond acceptors (Lipinski definition) is 3. The number of halogens is 1. The number of ketones is 1. The summed E-state index contributed by atoms with van der Waals surface area (Å²) in [5.74, 6) is 0.285. The zero-order valence-electron chi connectivity index (χ0n) is 9.37. The molecule has 0 N–H and O–H groups in total. The van der Waals surface area contributed by atoms with Gasteiger partial charge in [-0.05, 0) is 31.0 Å². The van der Waals surface area contributed by atoms with Gasteiger partial charge in [0.2, 0.25) is 0 Å². The summed E-state index contributed by atoms with van der Waals surface area (Å²) in [6, 6.07) is 5.94. The molecule has 2 heterocycles. The van der Waals surface area contributed by atoms with Gasteiger partial charge in [-0.2, -0.15) is 0 Å². The molecule has 0 amide bonds. The van der Waals surface area contributed by atoms with E-state index in [1.165, 1.54) is 0 Å². The third-order valence-corrected chi connectivity index (χ3v) is 5.49. The lowest BCUT2D eigenvalue weighted by atomic mass is 9.90. The first kappa shape index (κ1) is 11.8. The van der Waals surface area contributed by atoms with E-state index in [1.807, 2.05) is 23.9 Å². The van der Waals surface area contributed by atoms with Crippen LogP contribution in [0.15, 0.2) is 27.6 Å². The van der Waals surface area contributed by atoms with Crippen LogP contribution in [0.3, 0.4) is 0 Å². The maximum Gasteiger partial charge on any atom is 0.165 e. The molecule has 1 fully saturated rings. The predicted octanol–water partition coefficient (Wildman–Crippen LogP) is 3.68. The lowest BCUT2D eigenvalue weighted by Gasteiger charge is -2.39. The minimum atomic E-state index is 0.0864. The molecule has 2 aliphatic rings. The van der Waals surface area contributed by atoms with E-state index >= 15 is 0 Å². The summed E-state index contributed by atoms with van der Waals surface area (Å²) in [6.45, 7) is 1.56. The van der Waals surface area contributed by atoms with E-state index < -0.39 is 0 Å². The van der Waals surface area contributed by atoms with E-state index in [4.69, 9.17) is 4.74 Å². The zero-order chi connectivity index (χ0) is 11.9. The number of carbonyl (C=O) groups is 1. The van der Waals surface area contributed by atoms with Gasteiger partial charge in [0, 0.05) is 39.3 Å². The fourth-order valence-electron chi connectivity index (χ4n) is 2.49. The number of hydrogen-bond donors (Lipinski definition) is 0. The Labute approximate surface area is 113 Å². The molecule has 2 aliphatic heterocycles. The predicted molar refractivity (Wildman–Crippen MR) is 71.7 cm³/mol. The van der Waals surface area contributed by atoms with Crippen molar-refractivity contribution in [2.24, 2.45) is 0 Å². The second kappa shape index (κ2) is 4.41. The van der Waals surface area contributed by atoms with E-state index in [-0.39, 0.29) is 10.5 Å². The first-order chi connectivity index (χ1) is 8.19. The van der Waals surface area contributed by atoms with Gasteiger partial charge in [-0.1, -0.05) is 15.9 Å². The van der Waals surface area contributed by atoms with Gasteiger partial charge in [0.15, 0.2) is 5.78 Å². The molecule has 1 spiro atoms. The summed E-state index contributed by atoms with van der Waals surface area (Å²) in [5.41, 5.74) is 0.885. The van der Waals surface area contributed by atoms with Crippen LogP contribution >= 0.6 is 27.7 Å². The molecule has 0 aromatic heterocycles. The lowest BCUT2D eigenvalue weighted by Crippen LogP contribution is -2.37. The van der Waals surface area contributed by atoms with E-state index in [9.17, 15) is 4.79 Å². The number of thioether (sulfide) groups is 1. The molecule has 90 valence electrons. The molecule has 1 saturated heterocycles. The van der Waals surface area contributed by atoms with Crippen LogP contribution in [0, 0.1) is 0 Å². The van der Waals surface area contributed by atoms with Crippen LogP contribution in [0.4, 0.5) is 0 Å². The van der Waals surface area contributed by atoms with Gasteiger partial charge in [0.1, 0.15) is 0 Å². The van der Waals surface area contributed by atoms with Crippen LogP contribution in [0.1, 0.15) is 29.6 Å². The van der Waals surface area contributed by atoms with Crippen molar-refractivity contribution in [2.75, 3.05) is 13.2 Å². The molecule has 3 rings (SSSR count). The van der Waals surface area contributed by atoms with Crippen molar-refractivity contribution in [2.45, 2.75) is 28.9 Å². The fraction of sp³-hybridized carbons (Fsp3) is 0.462. The van der Waals surface area contributed by atoms with Gasteiger partial charge in [-0.25, -0.2) is 0 Å². The summed E-state index contributed by atoms with van der Waals surface area (Å²) in [7, 11) is 0. The monoisotopic (exact) mass is 312 g/mol. The van der Waals surface area contributed by atoms with Gasteiger partial charge in [-0.15, -0.1) is 11.8 Å². The smallest absolute Gasteiger partial charge is 0.165 e. The van der Waals surface area contributed by atoms with Gasteiger partial charge in [-0.3, -0.25) is 4.79 Å². The quantitative estimate of drug-likeness (QED) is 0.731. The summed E-state index contributed by atoms with van der Waals surface area (Å²) in [6.07, 6.45) is 2.63. The van der Waals surface area contributed by atoms with Crippen molar-refractivity contribution in [3.8, 4) is 0 Å². The summed E-state index contributed by atoms with van der Waals surface area (Å²) >= 11 is 5.34. The largest absolute Gasteiger partial charge is 0.381 e. The Morgan fingerprint density at radius 3 is 2.82 bits per heavy atom. The molecule has 0 aliphatic carbocycles. The molecule has 4 heteroatoms. The molecule has 2 nitrogen and oxygen atoms in total. The Hall–Kier alpha value is -0.320. The van der Waals surface area contributed by atoms with Crippen molar-refractivity contribution in [3.63, 3.8) is 0 Å². The molecule has 0 bridgehead atoms. The SMILES string of the molecule is O=C1CC2(CCOCC2)Sc2cc(Br)ccc21. The molecule has 0 atom stereocenters. The van der Waals surface area contributed by atoms with Crippen molar-refractivity contribution < 1.29 is 9.53 Å². The number of Topliss-reactive ketones (excluding diaryl/α,β-unsaturated/α-hetero) is 1. The summed E-state index contributed by atoms with van der Waals surface area (Å²) in [4.78, 5) is 13.3. The Morgan fingerprint density at radius 2 is 2.06 bits per heavy atom. The van der Waals surface area contributed by atoms with Crippen LogP contribution in [-0.4, -0.2) is 23.7 Å². The normalized spacial score (nSPS) is 22.5. The van der Waals surface area contributed by atoms with Crippen LogP contribution in [0.2, 0.25) is 0 Å². The van der Waals surface area contributed by atoms with Crippen LogP contribution in [-0.2, 0) is 4.74 Å². The number of rotatable bonds is 0. The highest BCUT2D eigenvalue weighted by Crippen LogP contribution is 2.49. The number of benzene rings is 1. The van der Waals surface area contributed by atoms with Gasteiger partial charge in [0.25, 0.3) is 0 Å². The Morgan fingerprint density at radius 1 is 1.29 bits per heavy atom. The molecular weight excluding hydrogens is 300 g/mol. The average molecular weight is 313 g/mol. The molecule has 0 unspecified atom stereocenters. The Balaban J connectivity index is 1.98. The molecule has 1 aromatic rings.